The molecule has 0 saturated carbocycles. The Morgan fingerprint density at radius 1 is 1.03 bits per heavy atom. The average Bonchev–Trinajstić information content (AvgIpc) is 2.82. The van der Waals surface area contributed by atoms with Crippen molar-refractivity contribution in [2.45, 2.75) is 20.4 Å². The lowest BCUT2D eigenvalue weighted by Crippen LogP contribution is -2.46. The van der Waals surface area contributed by atoms with E-state index >= 15 is 0 Å². The lowest BCUT2D eigenvalue weighted by molar-refractivity contribution is 0.0955. The van der Waals surface area contributed by atoms with Crippen molar-refractivity contribution in [3.8, 4) is 5.75 Å². The van der Waals surface area contributed by atoms with E-state index in [1.54, 1.807) is 6.21 Å². The van der Waals surface area contributed by atoms with Gasteiger partial charge in [-0.3, -0.25) is 9.69 Å². The minimum absolute atomic E-state index is 0.0645. The van der Waals surface area contributed by atoms with Crippen molar-refractivity contribution in [3.05, 3.63) is 93.5 Å². The number of aryl methyl sites for hydroxylation is 2. The van der Waals surface area contributed by atoms with Crippen LogP contribution in [-0.4, -0.2) is 48.3 Å². The number of carbonyl (C=O) groups is 1. The highest BCUT2D eigenvalue weighted by molar-refractivity contribution is 6.32. The van der Waals surface area contributed by atoms with Crippen LogP contribution in [0, 0.1) is 13.8 Å². The molecule has 34 heavy (non-hydrogen) atoms. The van der Waals surface area contributed by atoms with Crippen LogP contribution in [-0.2, 0) is 6.54 Å². The third-order valence-corrected chi connectivity index (χ3v) is 6.34. The standard InChI is InChI=1S/C27H29ClN4O2/c1-19-14-22(17-29-30-27(34)23-8-9-25(33)24(28)16-23)15-20(2)26(19)32-12-10-31(11-13-32)18-21-6-4-3-5-7-21/h3-9,14-17,33H,10-13,18H2,1-2H3,(H,30,34). The summed E-state index contributed by atoms with van der Waals surface area (Å²) in [6, 6.07) is 19.1. The molecule has 7 heteroatoms. The van der Waals surface area contributed by atoms with Crippen LogP contribution in [0.2, 0.25) is 5.02 Å². The average molecular weight is 477 g/mol. The van der Waals surface area contributed by atoms with Gasteiger partial charge in [-0.2, -0.15) is 5.10 Å². The second kappa shape index (κ2) is 10.7. The van der Waals surface area contributed by atoms with Crippen molar-refractivity contribution in [2.75, 3.05) is 31.1 Å². The Morgan fingerprint density at radius 3 is 2.35 bits per heavy atom. The van der Waals surface area contributed by atoms with Gasteiger partial charge in [-0.05, 0) is 66.4 Å². The largest absolute Gasteiger partial charge is 0.506 e. The lowest BCUT2D eigenvalue weighted by atomic mass is 10.0. The molecule has 0 aliphatic carbocycles. The zero-order chi connectivity index (χ0) is 24.1. The molecule has 0 radical (unpaired) electrons. The van der Waals surface area contributed by atoms with Crippen LogP contribution < -0.4 is 10.3 Å². The van der Waals surface area contributed by atoms with Crippen molar-refractivity contribution in [2.24, 2.45) is 5.10 Å². The predicted molar refractivity (Wildman–Crippen MR) is 138 cm³/mol. The maximum absolute atomic E-state index is 12.3. The van der Waals surface area contributed by atoms with Gasteiger partial charge >= 0.3 is 0 Å². The second-order valence-corrected chi connectivity index (χ2v) is 9.02. The molecule has 1 fully saturated rings. The van der Waals surface area contributed by atoms with Crippen LogP contribution in [0.5, 0.6) is 5.75 Å². The summed E-state index contributed by atoms with van der Waals surface area (Å²) in [5, 5.41) is 13.7. The molecule has 6 nitrogen and oxygen atoms in total. The Kier molecular flexibility index (Phi) is 7.50. The molecule has 1 amide bonds. The van der Waals surface area contributed by atoms with Crippen LogP contribution >= 0.6 is 11.6 Å². The molecule has 0 bridgehead atoms. The summed E-state index contributed by atoms with van der Waals surface area (Å²) in [4.78, 5) is 17.2. The molecule has 3 aromatic carbocycles. The number of hydrazone groups is 1. The van der Waals surface area contributed by atoms with Gasteiger partial charge < -0.3 is 10.0 Å². The molecular formula is C27H29ClN4O2. The maximum Gasteiger partial charge on any atom is 0.271 e. The summed E-state index contributed by atoms with van der Waals surface area (Å²) in [5.41, 5.74) is 8.77. The first-order valence-electron chi connectivity index (χ1n) is 11.3. The molecular weight excluding hydrogens is 448 g/mol. The maximum atomic E-state index is 12.3. The van der Waals surface area contributed by atoms with Crippen LogP contribution in [0.15, 0.2) is 65.8 Å². The summed E-state index contributed by atoms with van der Waals surface area (Å²) in [6.45, 7) is 9.28. The van der Waals surface area contributed by atoms with Gasteiger partial charge in [0.1, 0.15) is 5.75 Å². The Bertz CT molecular complexity index is 1170. The molecule has 1 heterocycles. The Hall–Kier alpha value is -3.35. The van der Waals surface area contributed by atoms with E-state index in [0.29, 0.717) is 5.56 Å². The van der Waals surface area contributed by atoms with Gasteiger partial charge in [0.05, 0.1) is 11.2 Å². The molecule has 0 aromatic heterocycles. The number of phenols is 1. The number of hydrogen-bond acceptors (Lipinski definition) is 5. The summed E-state index contributed by atoms with van der Waals surface area (Å²) in [5.74, 6) is -0.457. The molecule has 4 rings (SSSR count). The lowest BCUT2D eigenvalue weighted by Gasteiger charge is -2.37. The number of rotatable bonds is 6. The molecule has 176 valence electrons. The van der Waals surface area contributed by atoms with Crippen molar-refractivity contribution >= 4 is 29.4 Å². The monoisotopic (exact) mass is 476 g/mol. The van der Waals surface area contributed by atoms with E-state index in [4.69, 9.17) is 11.6 Å². The highest BCUT2D eigenvalue weighted by Gasteiger charge is 2.20. The fourth-order valence-corrected chi connectivity index (χ4v) is 4.59. The molecule has 0 spiro atoms. The van der Waals surface area contributed by atoms with Crippen LogP contribution in [0.25, 0.3) is 0 Å². The number of anilines is 1. The van der Waals surface area contributed by atoms with Crippen molar-refractivity contribution < 1.29 is 9.90 Å². The summed E-state index contributed by atoms with van der Waals surface area (Å²) in [7, 11) is 0. The number of hydrogen-bond donors (Lipinski definition) is 2. The highest BCUT2D eigenvalue weighted by Crippen LogP contribution is 2.27. The van der Waals surface area contributed by atoms with Gasteiger partial charge in [0.15, 0.2) is 0 Å². The van der Waals surface area contributed by atoms with Gasteiger partial charge in [-0.1, -0.05) is 41.9 Å². The molecule has 1 aliphatic heterocycles. The molecule has 0 atom stereocenters. The number of carbonyl (C=O) groups excluding carboxylic acids is 1. The van der Waals surface area contributed by atoms with Gasteiger partial charge in [0.25, 0.3) is 5.91 Å². The number of phenolic OH excluding ortho intramolecular Hbond substituents is 1. The second-order valence-electron chi connectivity index (χ2n) is 8.62. The third-order valence-electron chi connectivity index (χ3n) is 6.04. The van der Waals surface area contributed by atoms with E-state index in [1.165, 1.54) is 40.6 Å². The highest BCUT2D eigenvalue weighted by atomic mass is 35.5. The van der Waals surface area contributed by atoms with E-state index < -0.39 is 5.91 Å². The Morgan fingerprint density at radius 2 is 1.71 bits per heavy atom. The van der Waals surface area contributed by atoms with Crippen molar-refractivity contribution in [3.63, 3.8) is 0 Å². The Balaban J connectivity index is 1.36. The van der Waals surface area contributed by atoms with Crippen LogP contribution in [0.3, 0.4) is 0 Å². The summed E-state index contributed by atoms with van der Waals surface area (Å²) >= 11 is 5.87. The fourth-order valence-electron chi connectivity index (χ4n) is 4.41. The van der Waals surface area contributed by atoms with Crippen LogP contribution in [0.1, 0.15) is 32.6 Å². The minimum atomic E-state index is -0.392. The number of nitrogens with one attached hydrogen (secondary N) is 1. The van der Waals surface area contributed by atoms with E-state index in [1.807, 2.05) is 0 Å². The zero-order valence-corrected chi connectivity index (χ0v) is 20.2. The third kappa shape index (κ3) is 5.76. The van der Waals surface area contributed by atoms with E-state index in [2.05, 4.69) is 76.6 Å². The van der Waals surface area contributed by atoms with Crippen molar-refractivity contribution in [1.82, 2.24) is 10.3 Å². The Labute approximate surface area is 205 Å². The number of halogens is 1. The molecule has 0 unspecified atom stereocenters. The van der Waals surface area contributed by atoms with Crippen molar-refractivity contribution in [1.29, 1.82) is 0 Å². The fraction of sp³-hybridized carbons (Fsp3) is 0.259. The first-order valence-corrected chi connectivity index (χ1v) is 11.7. The topological polar surface area (TPSA) is 68.2 Å². The van der Waals surface area contributed by atoms with Gasteiger partial charge in [0.2, 0.25) is 0 Å². The minimum Gasteiger partial charge on any atom is -0.506 e. The molecule has 3 aromatic rings. The summed E-state index contributed by atoms with van der Waals surface area (Å²) < 4.78 is 0. The van der Waals surface area contributed by atoms with Gasteiger partial charge in [-0.15, -0.1) is 0 Å². The van der Waals surface area contributed by atoms with Gasteiger partial charge in [-0.25, -0.2) is 5.43 Å². The van der Waals surface area contributed by atoms with E-state index in [9.17, 15) is 9.90 Å². The number of aromatic hydroxyl groups is 1. The van der Waals surface area contributed by atoms with Gasteiger partial charge in [0, 0.05) is 44.0 Å². The number of piperazine rings is 1. The number of nitrogens with zero attached hydrogens (tertiary/aromatic N) is 3. The quantitative estimate of drug-likeness (QED) is 0.398. The first kappa shape index (κ1) is 23.8. The predicted octanol–water partition coefficient (Wildman–Crippen LogP) is 4.75. The number of amides is 1. The normalized spacial score (nSPS) is 14.5. The number of benzene rings is 3. The molecule has 2 N–H and O–H groups in total. The molecule has 1 saturated heterocycles. The SMILES string of the molecule is Cc1cc(C=NNC(=O)c2ccc(O)c(Cl)c2)cc(C)c1N1CCN(Cc2ccccc2)CC1. The van der Waals surface area contributed by atoms with E-state index in [0.717, 1.165) is 38.3 Å². The first-order chi connectivity index (χ1) is 16.4. The van der Waals surface area contributed by atoms with Crippen LogP contribution in [0.4, 0.5) is 5.69 Å². The zero-order valence-electron chi connectivity index (χ0n) is 19.5. The smallest absolute Gasteiger partial charge is 0.271 e. The summed E-state index contributed by atoms with van der Waals surface area (Å²) in [6.07, 6.45) is 1.64. The van der Waals surface area contributed by atoms with E-state index in [-0.39, 0.29) is 10.8 Å². The molecule has 1 aliphatic rings.